The first-order valence-corrected chi connectivity index (χ1v) is 13.8. The third-order valence-electron chi connectivity index (χ3n) is 5.94. The number of halogens is 1. The van der Waals surface area contributed by atoms with Crippen molar-refractivity contribution >= 4 is 75.7 Å². The first kappa shape index (κ1) is 31.0. The van der Waals surface area contributed by atoms with E-state index >= 15 is 0 Å². The zero-order valence-corrected chi connectivity index (χ0v) is 24.4. The summed E-state index contributed by atoms with van der Waals surface area (Å²) in [7, 11) is 1.19. The Kier molecular flexibility index (Phi) is 9.96. The number of methoxy groups -OCH3 is 1. The van der Waals surface area contributed by atoms with Gasteiger partial charge in [0.15, 0.2) is 6.61 Å². The minimum Gasteiger partial charge on any atom is -0.465 e. The summed E-state index contributed by atoms with van der Waals surface area (Å²) in [6, 6.07) is 17.3. The van der Waals surface area contributed by atoms with Gasteiger partial charge in [0.1, 0.15) is 6.54 Å². The summed E-state index contributed by atoms with van der Waals surface area (Å²) in [5, 5.41) is 4.65. The lowest BCUT2D eigenvalue weighted by Crippen LogP contribution is -2.36. The number of rotatable bonds is 9. The first-order chi connectivity index (χ1) is 20.5. The topological polar surface area (TPSA) is 148 Å². The van der Waals surface area contributed by atoms with Crippen molar-refractivity contribution < 1.29 is 38.2 Å². The standard InChI is InChI=1S/C30H24ClN3O8S/c1-17-3-9-20(10-4-17)32-26(36)16-42-28(38)19-7-5-18(6-8-19)13-24-27(37)34(30(40)43-24)15-25(35)33-21-11-12-23(31)22(14-21)29(39)41-2/h3-14H,15-16H2,1-2H3,(H,32,36)(H,33,35)/b24-13-. The molecule has 0 saturated carbocycles. The van der Waals surface area contributed by atoms with Crippen LogP contribution in [-0.4, -0.2) is 60.1 Å². The molecule has 1 aliphatic heterocycles. The molecule has 4 rings (SSSR count). The molecule has 13 heteroatoms. The number of esters is 2. The van der Waals surface area contributed by atoms with Crippen molar-refractivity contribution in [2.75, 3.05) is 30.9 Å². The highest BCUT2D eigenvalue weighted by molar-refractivity contribution is 8.18. The van der Waals surface area contributed by atoms with Gasteiger partial charge in [-0.25, -0.2) is 9.59 Å². The van der Waals surface area contributed by atoms with Crippen LogP contribution in [0.2, 0.25) is 5.02 Å². The van der Waals surface area contributed by atoms with Gasteiger partial charge in [-0.1, -0.05) is 41.4 Å². The molecule has 1 aliphatic rings. The number of thioether (sulfide) groups is 1. The van der Waals surface area contributed by atoms with Crippen molar-refractivity contribution in [3.8, 4) is 0 Å². The van der Waals surface area contributed by atoms with E-state index in [1.54, 1.807) is 24.3 Å². The summed E-state index contributed by atoms with van der Waals surface area (Å²) in [5.41, 5.74) is 2.58. The van der Waals surface area contributed by atoms with Crippen LogP contribution in [0.1, 0.15) is 31.8 Å². The van der Waals surface area contributed by atoms with Crippen molar-refractivity contribution in [3.63, 3.8) is 0 Å². The van der Waals surface area contributed by atoms with E-state index in [2.05, 4.69) is 15.4 Å². The Hall–Kier alpha value is -4.94. The lowest BCUT2D eigenvalue weighted by atomic mass is 10.1. The van der Waals surface area contributed by atoms with E-state index in [1.807, 2.05) is 19.1 Å². The largest absolute Gasteiger partial charge is 0.465 e. The van der Waals surface area contributed by atoms with Gasteiger partial charge in [0.25, 0.3) is 17.1 Å². The van der Waals surface area contributed by atoms with Gasteiger partial charge < -0.3 is 20.1 Å². The normalized spacial score (nSPS) is 13.6. The van der Waals surface area contributed by atoms with Crippen LogP contribution in [-0.2, 0) is 23.9 Å². The molecule has 220 valence electrons. The average Bonchev–Trinajstić information content (AvgIpc) is 3.25. The molecule has 0 aliphatic carbocycles. The number of aryl methyl sites for hydroxylation is 1. The summed E-state index contributed by atoms with van der Waals surface area (Å²) >= 11 is 6.65. The number of imide groups is 1. The van der Waals surface area contributed by atoms with Gasteiger partial charge in [0, 0.05) is 11.4 Å². The number of carbonyl (C=O) groups excluding carboxylic acids is 6. The highest BCUT2D eigenvalue weighted by Crippen LogP contribution is 2.32. The summed E-state index contributed by atoms with van der Waals surface area (Å²) in [5.74, 6) is -3.23. The van der Waals surface area contributed by atoms with E-state index < -0.39 is 48.1 Å². The van der Waals surface area contributed by atoms with Crippen molar-refractivity contribution in [1.29, 1.82) is 0 Å². The molecule has 4 amide bonds. The van der Waals surface area contributed by atoms with E-state index in [4.69, 9.17) is 16.3 Å². The third-order valence-corrected chi connectivity index (χ3v) is 7.18. The van der Waals surface area contributed by atoms with Crippen LogP contribution in [0.25, 0.3) is 6.08 Å². The van der Waals surface area contributed by atoms with E-state index in [9.17, 15) is 28.8 Å². The molecular formula is C30H24ClN3O8S. The Balaban J connectivity index is 1.32. The Morgan fingerprint density at radius 3 is 2.21 bits per heavy atom. The quantitative estimate of drug-likeness (QED) is 0.251. The minimum absolute atomic E-state index is 0.0407. The van der Waals surface area contributed by atoms with Crippen LogP contribution in [0.15, 0.2) is 71.6 Å². The van der Waals surface area contributed by atoms with Crippen LogP contribution in [0.4, 0.5) is 16.2 Å². The maximum atomic E-state index is 12.9. The van der Waals surface area contributed by atoms with Crippen molar-refractivity contribution in [2.45, 2.75) is 6.92 Å². The maximum absolute atomic E-state index is 12.9. The number of benzene rings is 3. The number of nitrogens with one attached hydrogen (secondary N) is 2. The molecule has 43 heavy (non-hydrogen) atoms. The molecular weight excluding hydrogens is 598 g/mol. The number of nitrogens with zero attached hydrogens (tertiary/aromatic N) is 1. The molecule has 2 N–H and O–H groups in total. The molecule has 0 unspecified atom stereocenters. The predicted molar refractivity (Wildman–Crippen MR) is 161 cm³/mol. The smallest absolute Gasteiger partial charge is 0.339 e. The zero-order chi connectivity index (χ0) is 31.1. The fourth-order valence-electron chi connectivity index (χ4n) is 3.77. The van der Waals surface area contributed by atoms with Crippen LogP contribution < -0.4 is 10.6 Å². The van der Waals surface area contributed by atoms with Crippen LogP contribution in [0, 0.1) is 6.92 Å². The van der Waals surface area contributed by atoms with Crippen LogP contribution >= 0.6 is 23.4 Å². The molecule has 1 fully saturated rings. The Morgan fingerprint density at radius 2 is 1.53 bits per heavy atom. The molecule has 11 nitrogen and oxygen atoms in total. The van der Waals surface area contributed by atoms with Gasteiger partial charge in [-0.2, -0.15) is 0 Å². The van der Waals surface area contributed by atoms with Crippen LogP contribution in [0.5, 0.6) is 0 Å². The monoisotopic (exact) mass is 621 g/mol. The van der Waals surface area contributed by atoms with Crippen molar-refractivity contribution in [3.05, 3.63) is 98.9 Å². The number of carbonyl (C=O) groups is 6. The van der Waals surface area contributed by atoms with Crippen LogP contribution in [0.3, 0.4) is 0 Å². The Bertz CT molecular complexity index is 1640. The number of hydrogen-bond acceptors (Lipinski definition) is 9. The number of anilines is 2. The second kappa shape index (κ2) is 13.8. The molecule has 1 saturated heterocycles. The second-order valence-electron chi connectivity index (χ2n) is 9.11. The highest BCUT2D eigenvalue weighted by Gasteiger charge is 2.36. The van der Waals surface area contributed by atoms with Gasteiger partial charge in [0.2, 0.25) is 5.91 Å². The molecule has 3 aromatic rings. The van der Waals surface area contributed by atoms with E-state index in [0.717, 1.165) is 10.5 Å². The molecule has 0 bridgehead atoms. The predicted octanol–water partition coefficient (Wildman–Crippen LogP) is 4.91. The first-order valence-electron chi connectivity index (χ1n) is 12.6. The Labute approximate surface area is 255 Å². The van der Waals surface area contributed by atoms with Crippen molar-refractivity contribution in [2.24, 2.45) is 0 Å². The van der Waals surface area contributed by atoms with E-state index in [0.29, 0.717) is 23.0 Å². The van der Waals surface area contributed by atoms with Gasteiger partial charge in [-0.3, -0.25) is 24.1 Å². The van der Waals surface area contributed by atoms with Gasteiger partial charge >= 0.3 is 11.9 Å². The van der Waals surface area contributed by atoms with E-state index in [-0.39, 0.29) is 26.7 Å². The average molecular weight is 622 g/mol. The summed E-state index contributed by atoms with van der Waals surface area (Å²) in [6.45, 7) is 0.894. The fraction of sp³-hybridized carbons (Fsp3) is 0.133. The molecule has 0 spiro atoms. The summed E-state index contributed by atoms with van der Waals surface area (Å²) in [6.07, 6.45) is 1.45. The SMILES string of the molecule is COC(=O)c1cc(NC(=O)CN2C(=O)S/C(=C\c3ccc(C(=O)OCC(=O)Nc4ccc(C)cc4)cc3)C2=O)ccc1Cl. The Morgan fingerprint density at radius 1 is 0.884 bits per heavy atom. The molecule has 3 aromatic carbocycles. The molecule has 0 atom stereocenters. The molecule has 1 heterocycles. The minimum atomic E-state index is -0.712. The zero-order valence-electron chi connectivity index (χ0n) is 22.8. The molecule has 0 radical (unpaired) electrons. The highest BCUT2D eigenvalue weighted by atomic mass is 35.5. The maximum Gasteiger partial charge on any atom is 0.339 e. The fourth-order valence-corrected chi connectivity index (χ4v) is 4.80. The summed E-state index contributed by atoms with van der Waals surface area (Å²) in [4.78, 5) is 75.0. The van der Waals surface area contributed by atoms with Gasteiger partial charge in [-0.15, -0.1) is 0 Å². The van der Waals surface area contributed by atoms with Gasteiger partial charge in [-0.05, 0) is 72.8 Å². The van der Waals surface area contributed by atoms with E-state index in [1.165, 1.54) is 43.5 Å². The number of amides is 4. The molecule has 0 aromatic heterocycles. The number of ether oxygens (including phenoxy) is 2. The summed E-state index contributed by atoms with van der Waals surface area (Å²) < 4.78 is 9.72. The third kappa shape index (κ3) is 8.09. The second-order valence-corrected chi connectivity index (χ2v) is 10.5. The van der Waals surface area contributed by atoms with Crippen molar-refractivity contribution in [1.82, 2.24) is 4.90 Å². The number of hydrogen-bond donors (Lipinski definition) is 2. The lowest BCUT2D eigenvalue weighted by Gasteiger charge is -2.13. The van der Waals surface area contributed by atoms with Gasteiger partial charge in [0.05, 0.1) is 28.2 Å². The lowest BCUT2D eigenvalue weighted by molar-refractivity contribution is -0.127.